The van der Waals surface area contributed by atoms with Crippen molar-refractivity contribution in [3.63, 3.8) is 0 Å². The maximum atomic E-state index is 12.4. The highest BCUT2D eigenvalue weighted by atomic mass is 79.9. The van der Waals surface area contributed by atoms with Crippen LogP contribution in [-0.2, 0) is 11.8 Å². The van der Waals surface area contributed by atoms with Crippen molar-refractivity contribution >= 4 is 21.7 Å². The summed E-state index contributed by atoms with van der Waals surface area (Å²) < 4.78 is 8.14. The highest BCUT2D eigenvalue weighted by Crippen LogP contribution is 2.40. The molecule has 5 heteroatoms. The van der Waals surface area contributed by atoms with E-state index in [2.05, 4.69) is 21.0 Å². The Labute approximate surface area is 102 Å². The Hall–Kier alpha value is -0.680. The number of aryl methyl sites for hydroxylation is 1. The number of ketones is 1. The minimum atomic E-state index is 0.0328. The van der Waals surface area contributed by atoms with Crippen molar-refractivity contribution < 1.29 is 9.53 Å². The standard InChI is InChI=1S/C11H13BrN2O2/c1-14-10(8(12)5-13-14)11(15)7-4-6-2-3-9(7)16-6/h5-7,9H,2-4H2,1H3. The van der Waals surface area contributed by atoms with E-state index in [0.717, 1.165) is 23.7 Å². The topological polar surface area (TPSA) is 44.1 Å². The summed E-state index contributed by atoms with van der Waals surface area (Å²) in [5.41, 5.74) is 0.668. The zero-order valence-electron chi connectivity index (χ0n) is 9.02. The van der Waals surface area contributed by atoms with Crippen LogP contribution in [0.2, 0.25) is 0 Å². The lowest BCUT2D eigenvalue weighted by atomic mass is 9.85. The van der Waals surface area contributed by atoms with E-state index >= 15 is 0 Å². The molecule has 2 bridgehead atoms. The van der Waals surface area contributed by atoms with Gasteiger partial charge in [0.15, 0.2) is 5.78 Å². The van der Waals surface area contributed by atoms with Crippen molar-refractivity contribution in [2.75, 3.05) is 0 Å². The average molecular weight is 285 g/mol. The van der Waals surface area contributed by atoms with Crippen LogP contribution < -0.4 is 0 Å². The summed E-state index contributed by atoms with van der Waals surface area (Å²) in [5.74, 6) is 0.199. The second kappa shape index (κ2) is 3.67. The summed E-state index contributed by atoms with van der Waals surface area (Å²) in [6, 6.07) is 0. The van der Waals surface area contributed by atoms with Gasteiger partial charge in [0.2, 0.25) is 0 Å². The lowest BCUT2D eigenvalue weighted by molar-refractivity contribution is 0.0735. The fraction of sp³-hybridized carbons (Fsp3) is 0.636. The molecule has 16 heavy (non-hydrogen) atoms. The summed E-state index contributed by atoms with van der Waals surface area (Å²) in [6.07, 6.45) is 5.13. The number of rotatable bonds is 2. The first-order chi connectivity index (χ1) is 7.66. The van der Waals surface area contributed by atoms with Gasteiger partial charge in [0.1, 0.15) is 5.69 Å². The van der Waals surface area contributed by atoms with E-state index in [0.29, 0.717) is 11.8 Å². The van der Waals surface area contributed by atoms with Gasteiger partial charge in [-0.2, -0.15) is 5.10 Å². The van der Waals surface area contributed by atoms with E-state index in [1.54, 1.807) is 17.9 Å². The fourth-order valence-corrected chi connectivity index (χ4v) is 3.32. The normalized spacial score (nSPS) is 32.2. The first kappa shape index (κ1) is 10.5. The summed E-state index contributed by atoms with van der Waals surface area (Å²) in [7, 11) is 1.80. The summed E-state index contributed by atoms with van der Waals surface area (Å²) in [5, 5.41) is 4.08. The molecule has 0 amide bonds. The molecule has 2 fully saturated rings. The van der Waals surface area contributed by atoms with E-state index in [9.17, 15) is 4.79 Å². The number of hydrogen-bond donors (Lipinski definition) is 0. The number of fused-ring (bicyclic) bond motifs is 2. The third-order valence-electron chi connectivity index (χ3n) is 3.57. The van der Waals surface area contributed by atoms with Gasteiger partial charge in [0.25, 0.3) is 0 Å². The quantitative estimate of drug-likeness (QED) is 0.780. The Morgan fingerprint density at radius 1 is 1.62 bits per heavy atom. The maximum absolute atomic E-state index is 12.4. The van der Waals surface area contributed by atoms with Gasteiger partial charge >= 0.3 is 0 Å². The van der Waals surface area contributed by atoms with Crippen LogP contribution in [0.15, 0.2) is 10.7 Å². The lowest BCUT2D eigenvalue weighted by Crippen LogP contribution is -2.27. The van der Waals surface area contributed by atoms with E-state index < -0.39 is 0 Å². The Bertz CT molecular complexity index is 424. The van der Waals surface area contributed by atoms with Crippen LogP contribution in [0.3, 0.4) is 0 Å². The monoisotopic (exact) mass is 284 g/mol. The molecule has 0 aliphatic carbocycles. The summed E-state index contributed by atoms with van der Waals surface area (Å²) in [6.45, 7) is 0. The first-order valence-corrected chi connectivity index (χ1v) is 6.33. The second-order valence-corrected chi connectivity index (χ2v) is 5.40. The average Bonchev–Trinajstić information content (AvgIpc) is 2.93. The second-order valence-electron chi connectivity index (χ2n) is 4.55. The number of ether oxygens (including phenoxy) is 1. The number of nitrogens with zero attached hydrogens (tertiary/aromatic N) is 2. The van der Waals surface area contributed by atoms with E-state index in [-0.39, 0.29) is 17.8 Å². The van der Waals surface area contributed by atoms with Crippen molar-refractivity contribution in [3.05, 3.63) is 16.4 Å². The summed E-state index contributed by atoms with van der Waals surface area (Å²) >= 11 is 3.37. The molecule has 2 aliphatic heterocycles. The molecule has 0 spiro atoms. The number of carbonyl (C=O) groups excluding carboxylic acids is 1. The van der Waals surface area contributed by atoms with E-state index in [1.807, 2.05) is 0 Å². The molecule has 0 aromatic carbocycles. The lowest BCUT2D eigenvalue weighted by Gasteiger charge is -2.17. The van der Waals surface area contributed by atoms with Crippen LogP contribution in [0.1, 0.15) is 29.8 Å². The van der Waals surface area contributed by atoms with Gasteiger partial charge < -0.3 is 4.74 Å². The third kappa shape index (κ3) is 1.45. The molecule has 1 aromatic heterocycles. The van der Waals surface area contributed by atoms with Gasteiger partial charge in [-0.25, -0.2) is 0 Å². The molecule has 3 heterocycles. The van der Waals surface area contributed by atoms with E-state index in [1.165, 1.54) is 0 Å². The predicted octanol–water partition coefficient (Wildman–Crippen LogP) is 1.93. The zero-order valence-corrected chi connectivity index (χ0v) is 10.6. The Balaban J connectivity index is 1.89. The molecule has 86 valence electrons. The van der Waals surface area contributed by atoms with Crippen molar-refractivity contribution in [2.45, 2.75) is 31.5 Å². The van der Waals surface area contributed by atoms with Crippen LogP contribution >= 0.6 is 15.9 Å². The third-order valence-corrected chi connectivity index (χ3v) is 4.15. The maximum Gasteiger partial charge on any atom is 0.187 e. The Morgan fingerprint density at radius 3 is 2.94 bits per heavy atom. The molecule has 4 nitrogen and oxygen atoms in total. The van der Waals surface area contributed by atoms with Gasteiger partial charge in [-0.15, -0.1) is 0 Å². The number of carbonyl (C=O) groups is 1. The first-order valence-electron chi connectivity index (χ1n) is 5.54. The van der Waals surface area contributed by atoms with Crippen molar-refractivity contribution in [2.24, 2.45) is 13.0 Å². The molecule has 1 aromatic rings. The molecule has 2 saturated heterocycles. The van der Waals surface area contributed by atoms with Gasteiger partial charge in [-0.1, -0.05) is 0 Å². The molecule has 3 unspecified atom stereocenters. The van der Waals surface area contributed by atoms with Crippen LogP contribution in [0.25, 0.3) is 0 Å². The van der Waals surface area contributed by atoms with Gasteiger partial charge in [-0.3, -0.25) is 9.48 Å². The minimum absolute atomic E-state index is 0.0328. The minimum Gasteiger partial charge on any atom is -0.374 e. The molecular weight excluding hydrogens is 272 g/mol. The molecule has 3 rings (SSSR count). The SMILES string of the molecule is Cn1ncc(Br)c1C(=O)C1CC2CCC1O2. The molecule has 2 aliphatic rings. The van der Waals surface area contributed by atoms with Crippen molar-refractivity contribution in [1.82, 2.24) is 9.78 Å². The Kier molecular flexibility index (Phi) is 2.40. The Morgan fingerprint density at radius 2 is 2.44 bits per heavy atom. The van der Waals surface area contributed by atoms with Crippen molar-refractivity contribution in [3.8, 4) is 0 Å². The number of halogens is 1. The largest absolute Gasteiger partial charge is 0.374 e. The van der Waals surface area contributed by atoms with Crippen LogP contribution in [-0.4, -0.2) is 27.8 Å². The van der Waals surface area contributed by atoms with E-state index in [4.69, 9.17) is 4.74 Å². The van der Waals surface area contributed by atoms with Crippen LogP contribution in [0, 0.1) is 5.92 Å². The number of aromatic nitrogens is 2. The fourth-order valence-electron chi connectivity index (χ4n) is 2.78. The van der Waals surface area contributed by atoms with Gasteiger partial charge in [0.05, 0.1) is 28.8 Å². The smallest absolute Gasteiger partial charge is 0.187 e. The number of hydrogen-bond acceptors (Lipinski definition) is 3. The molecule has 3 atom stereocenters. The van der Waals surface area contributed by atoms with Gasteiger partial charge in [0, 0.05) is 7.05 Å². The summed E-state index contributed by atoms with van der Waals surface area (Å²) in [4.78, 5) is 12.4. The van der Waals surface area contributed by atoms with Crippen molar-refractivity contribution in [1.29, 1.82) is 0 Å². The molecular formula is C11H13BrN2O2. The molecule has 0 saturated carbocycles. The van der Waals surface area contributed by atoms with Crippen LogP contribution in [0.4, 0.5) is 0 Å². The van der Waals surface area contributed by atoms with Crippen LogP contribution in [0.5, 0.6) is 0 Å². The zero-order chi connectivity index (χ0) is 11.3. The van der Waals surface area contributed by atoms with Gasteiger partial charge in [-0.05, 0) is 35.2 Å². The number of Topliss-reactive ketones (excluding diaryl/α,β-unsaturated/α-hetero) is 1. The predicted molar refractivity (Wildman–Crippen MR) is 61.2 cm³/mol. The highest BCUT2D eigenvalue weighted by Gasteiger charge is 2.45. The molecule has 0 radical (unpaired) electrons. The highest BCUT2D eigenvalue weighted by molar-refractivity contribution is 9.10. The molecule has 0 N–H and O–H groups in total.